The Hall–Kier alpha value is -2.37. The molecular formula is C15H19N5O. The number of amides is 1. The predicted molar refractivity (Wildman–Crippen MR) is 80.2 cm³/mol. The van der Waals surface area contributed by atoms with Gasteiger partial charge in [0.1, 0.15) is 5.82 Å². The Labute approximate surface area is 123 Å². The lowest BCUT2D eigenvalue weighted by Gasteiger charge is -2.24. The first-order valence-corrected chi connectivity index (χ1v) is 7.31. The molecule has 2 N–H and O–H groups in total. The van der Waals surface area contributed by atoms with E-state index >= 15 is 0 Å². The predicted octanol–water partition coefficient (Wildman–Crippen LogP) is 1.60. The maximum absolute atomic E-state index is 11.6. The molecule has 6 heteroatoms. The number of rotatable bonds is 6. The molecule has 6 nitrogen and oxygen atoms in total. The van der Waals surface area contributed by atoms with Crippen LogP contribution in [0, 0.1) is 5.92 Å². The molecule has 0 saturated heterocycles. The number of hydrogen-bond acceptors (Lipinski definition) is 4. The molecule has 0 radical (unpaired) electrons. The lowest BCUT2D eigenvalue weighted by atomic mass is 9.85. The zero-order chi connectivity index (χ0) is 14.5. The topological polar surface area (TPSA) is 71.8 Å². The Morgan fingerprint density at radius 3 is 2.62 bits per heavy atom. The summed E-state index contributed by atoms with van der Waals surface area (Å²) in [6.07, 6.45) is 7.09. The van der Waals surface area contributed by atoms with Crippen LogP contribution in [-0.2, 0) is 4.79 Å². The summed E-state index contributed by atoms with van der Waals surface area (Å²) >= 11 is 0. The summed E-state index contributed by atoms with van der Waals surface area (Å²) in [6, 6.07) is 7.68. The van der Waals surface area contributed by atoms with E-state index < -0.39 is 0 Å². The first-order chi connectivity index (χ1) is 10.3. The Morgan fingerprint density at radius 1 is 1.19 bits per heavy atom. The summed E-state index contributed by atoms with van der Waals surface area (Å²) in [5.41, 5.74) is 0. The van der Waals surface area contributed by atoms with Gasteiger partial charge >= 0.3 is 0 Å². The van der Waals surface area contributed by atoms with Gasteiger partial charge in [-0.15, -0.1) is 10.2 Å². The summed E-state index contributed by atoms with van der Waals surface area (Å²) in [7, 11) is 0. The van der Waals surface area contributed by atoms with Gasteiger partial charge < -0.3 is 15.2 Å². The van der Waals surface area contributed by atoms with E-state index in [1.165, 1.54) is 6.42 Å². The summed E-state index contributed by atoms with van der Waals surface area (Å²) in [5.74, 6) is 1.91. The third-order valence-corrected chi connectivity index (χ3v) is 3.73. The van der Waals surface area contributed by atoms with Crippen molar-refractivity contribution in [3.8, 4) is 5.82 Å². The van der Waals surface area contributed by atoms with E-state index in [0.717, 1.165) is 18.7 Å². The van der Waals surface area contributed by atoms with Gasteiger partial charge in [-0.3, -0.25) is 4.79 Å². The SMILES string of the molecule is O=C(NCCNc1ccc(-n2cccc2)nn1)C1CCC1. The van der Waals surface area contributed by atoms with E-state index in [0.29, 0.717) is 18.9 Å². The highest BCUT2D eigenvalue weighted by Crippen LogP contribution is 2.25. The third kappa shape index (κ3) is 3.39. The molecule has 0 atom stereocenters. The maximum atomic E-state index is 11.6. The summed E-state index contributed by atoms with van der Waals surface area (Å²) in [5, 5.41) is 14.4. The molecule has 3 rings (SSSR count). The molecule has 0 aromatic carbocycles. The number of carbonyl (C=O) groups is 1. The third-order valence-electron chi connectivity index (χ3n) is 3.73. The van der Waals surface area contributed by atoms with Crippen LogP contribution >= 0.6 is 0 Å². The van der Waals surface area contributed by atoms with Gasteiger partial charge in [0, 0.05) is 31.4 Å². The van der Waals surface area contributed by atoms with Gasteiger partial charge in [0.2, 0.25) is 5.91 Å². The molecule has 21 heavy (non-hydrogen) atoms. The van der Waals surface area contributed by atoms with Crippen LogP contribution in [-0.4, -0.2) is 33.8 Å². The van der Waals surface area contributed by atoms with Crippen molar-refractivity contribution in [3.05, 3.63) is 36.7 Å². The number of aromatic nitrogens is 3. The quantitative estimate of drug-likeness (QED) is 0.791. The molecule has 1 fully saturated rings. The fourth-order valence-electron chi connectivity index (χ4n) is 2.24. The molecule has 0 aliphatic heterocycles. The monoisotopic (exact) mass is 285 g/mol. The molecule has 1 saturated carbocycles. The van der Waals surface area contributed by atoms with Crippen LogP contribution in [0.4, 0.5) is 5.82 Å². The number of carbonyl (C=O) groups excluding carboxylic acids is 1. The Kier molecular flexibility index (Phi) is 4.14. The molecule has 0 unspecified atom stereocenters. The Bertz CT molecular complexity index is 575. The van der Waals surface area contributed by atoms with Gasteiger partial charge in [0.05, 0.1) is 0 Å². The van der Waals surface area contributed by atoms with Gasteiger partial charge in [0.15, 0.2) is 5.82 Å². The van der Waals surface area contributed by atoms with Crippen LogP contribution in [0.2, 0.25) is 0 Å². The minimum Gasteiger partial charge on any atom is -0.367 e. The first kappa shape index (κ1) is 13.6. The standard InChI is InChI=1S/C15H19N5O/c21-15(12-4-3-5-12)17-9-8-16-13-6-7-14(19-18-13)20-10-1-2-11-20/h1-2,6-7,10-12H,3-5,8-9H2,(H,16,18)(H,17,21). The van der Waals surface area contributed by atoms with Crippen molar-refractivity contribution >= 4 is 11.7 Å². The second-order valence-electron chi connectivity index (χ2n) is 5.21. The van der Waals surface area contributed by atoms with Gasteiger partial charge in [0.25, 0.3) is 0 Å². The van der Waals surface area contributed by atoms with Crippen molar-refractivity contribution in [1.29, 1.82) is 0 Å². The Balaban J connectivity index is 1.42. The average molecular weight is 285 g/mol. The smallest absolute Gasteiger partial charge is 0.223 e. The number of nitrogens with one attached hydrogen (secondary N) is 2. The summed E-state index contributed by atoms with van der Waals surface area (Å²) < 4.78 is 1.90. The zero-order valence-electron chi connectivity index (χ0n) is 11.8. The molecule has 2 aromatic heterocycles. The van der Waals surface area contributed by atoms with Gasteiger partial charge in [-0.05, 0) is 37.1 Å². The highest BCUT2D eigenvalue weighted by atomic mass is 16.1. The van der Waals surface area contributed by atoms with Crippen LogP contribution in [0.3, 0.4) is 0 Å². The van der Waals surface area contributed by atoms with Crippen LogP contribution in [0.5, 0.6) is 0 Å². The minimum atomic E-state index is 0.178. The van der Waals surface area contributed by atoms with Crippen LogP contribution in [0.25, 0.3) is 5.82 Å². The second kappa shape index (κ2) is 6.39. The normalized spacial score (nSPS) is 14.5. The molecular weight excluding hydrogens is 266 g/mol. The van der Waals surface area contributed by atoms with Crippen molar-refractivity contribution in [2.24, 2.45) is 5.92 Å². The molecule has 1 amide bonds. The zero-order valence-corrected chi connectivity index (χ0v) is 11.8. The van der Waals surface area contributed by atoms with Crippen molar-refractivity contribution < 1.29 is 4.79 Å². The van der Waals surface area contributed by atoms with E-state index in [-0.39, 0.29) is 11.8 Å². The first-order valence-electron chi connectivity index (χ1n) is 7.31. The minimum absolute atomic E-state index is 0.178. The van der Waals surface area contributed by atoms with E-state index in [1.54, 1.807) is 0 Å². The molecule has 2 heterocycles. The van der Waals surface area contributed by atoms with Crippen LogP contribution in [0.15, 0.2) is 36.7 Å². The molecule has 2 aromatic rings. The van der Waals surface area contributed by atoms with Gasteiger partial charge in [-0.1, -0.05) is 6.42 Å². The number of anilines is 1. The molecule has 0 bridgehead atoms. The number of hydrogen-bond donors (Lipinski definition) is 2. The van der Waals surface area contributed by atoms with Crippen LogP contribution < -0.4 is 10.6 Å². The fourth-order valence-corrected chi connectivity index (χ4v) is 2.24. The van der Waals surface area contributed by atoms with E-state index in [9.17, 15) is 4.79 Å². The van der Waals surface area contributed by atoms with Gasteiger partial charge in [-0.25, -0.2) is 0 Å². The maximum Gasteiger partial charge on any atom is 0.223 e. The van der Waals surface area contributed by atoms with E-state index in [2.05, 4.69) is 20.8 Å². The molecule has 0 spiro atoms. The number of nitrogens with zero attached hydrogens (tertiary/aromatic N) is 3. The van der Waals surface area contributed by atoms with Crippen LogP contribution in [0.1, 0.15) is 19.3 Å². The highest BCUT2D eigenvalue weighted by molar-refractivity contribution is 5.79. The fraction of sp³-hybridized carbons (Fsp3) is 0.400. The summed E-state index contributed by atoms with van der Waals surface area (Å²) in [4.78, 5) is 11.6. The average Bonchev–Trinajstić information content (AvgIpc) is 2.96. The van der Waals surface area contributed by atoms with Crippen molar-refractivity contribution in [2.45, 2.75) is 19.3 Å². The van der Waals surface area contributed by atoms with Crippen molar-refractivity contribution in [1.82, 2.24) is 20.1 Å². The lowest BCUT2D eigenvalue weighted by Crippen LogP contribution is -2.36. The Morgan fingerprint density at radius 2 is 2.00 bits per heavy atom. The largest absolute Gasteiger partial charge is 0.367 e. The van der Waals surface area contributed by atoms with E-state index in [4.69, 9.17) is 0 Å². The van der Waals surface area contributed by atoms with Gasteiger partial charge in [-0.2, -0.15) is 0 Å². The molecule has 110 valence electrons. The van der Waals surface area contributed by atoms with E-state index in [1.807, 2.05) is 41.2 Å². The molecule has 1 aliphatic carbocycles. The molecule has 1 aliphatic rings. The van der Waals surface area contributed by atoms with Crippen molar-refractivity contribution in [2.75, 3.05) is 18.4 Å². The summed E-state index contributed by atoms with van der Waals surface area (Å²) in [6.45, 7) is 1.26. The van der Waals surface area contributed by atoms with Crippen molar-refractivity contribution in [3.63, 3.8) is 0 Å². The lowest BCUT2D eigenvalue weighted by molar-refractivity contribution is -0.127. The second-order valence-corrected chi connectivity index (χ2v) is 5.21. The highest BCUT2D eigenvalue weighted by Gasteiger charge is 2.24.